The molecule has 0 radical (unpaired) electrons. The zero-order chi connectivity index (χ0) is 20.3. The molecule has 0 aliphatic heterocycles. The van der Waals surface area contributed by atoms with Crippen LogP contribution < -0.4 is 4.72 Å². The molecule has 3 N–H and O–H groups in total. The van der Waals surface area contributed by atoms with Gasteiger partial charge in [-0.25, -0.2) is 22.9 Å². The van der Waals surface area contributed by atoms with Crippen molar-refractivity contribution >= 4 is 38.9 Å². The number of aromatic nitrogens is 1. The van der Waals surface area contributed by atoms with Crippen molar-refractivity contribution in [2.45, 2.75) is 29.5 Å². The van der Waals surface area contributed by atoms with Gasteiger partial charge in [-0.2, -0.15) is 0 Å². The fourth-order valence-electron chi connectivity index (χ4n) is 2.72. The highest BCUT2D eigenvalue weighted by atomic mass is 32.2. The second kappa shape index (κ2) is 8.39. The molecule has 2 atom stereocenters. The molecular weight excluding hydrogens is 420 g/mol. The number of thiophene rings is 1. The molecule has 7 nitrogen and oxygen atoms in total. The minimum absolute atomic E-state index is 0.00593. The fraction of sp³-hybridized carbons (Fsp3) is 0.222. The number of nitrogens with zero attached hydrogens (tertiary/aromatic N) is 1. The molecular formula is C18H18N2O5S3. The highest BCUT2D eigenvalue weighted by Crippen LogP contribution is 2.42. The van der Waals surface area contributed by atoms with E-state index in [9.17, 15) is 8.42 Å². The van der Waals surface area contributed by atoms with Crippen LogP contribution in [-0.4, -0.2) is 35.8 Å². The van der Waals surface area contributed by atoms with Crippen molar-refractivity contribution in [3.05, 3.63) is 59.2 Å². The summed E-state index contributed by atoms with van der Waals surface area (Å²) >= 11 is 2.87. The second-order valence-electron chi connectivity index (χ2n) is 6.13. The van der Waals surface area contributed by atoms with Crippen LogP contribution in [0.25, 0.3) is 9.75 Å². The molecule has 148 valence electrons. The molecule has 28 heavy (non-hydrogen) atoms. The fourth-order valence-corrected chi connectivity index (χ4v) is 6.19. The Hall–Kier alpha value is -2.27. The van der Waals surface area contributed by atoms with Crippen LogP contribution in [0.1, 0.15) is 22.9 Å². The second-order valence-corrected chi connectivity index (χ2v) is 10.4. The molecule has 10 heteroatoms. The third-order valence-corrected chi connectivity index (χ3v) is 8.21. The Bertz CT molecular complexity index is 1060. The minimum Gasteiger partial charge on any atom is -0.450 e. The molecule has 1 fully saturated rings. The largest absolute Gasteiger partial charge is 0.503 e. The predicted octanol–water partition coefficient (Wildman–Crippen LogP) is 4.24. The van der Waals surface area contributed by atoms with Crippen LogP contribution in [0.2, 0.25) is 0 Å². The number of thiazole rings is 1. The van der Waals surface area contributed by atoms with Gasteiger partial charge in [0.2, 0.25) is 10.0 Å². The van der Waals surface area contributed by atoms with E-state index in [-0.39, 0.29) is 12.0 Å². The maximum absolute atomic E-state index is 12.6. The number of hydrogen-bond acceptors (Lipinski definition) is 6. The first-order chi connectivity index (χ1) is 13.3. The van der Waals surface area contributed by atoms with Crippen molar-refractivity contribution < 1.29 is 23.4 Å². The summed E-state index contributed by atoms with van der Waals surface area (Å²) in [5.41, 5.74) is 1.19. The number of hydrogen-bond donors (Lipinski definition) is 3. The molecule has 0 amide bonds. The first-order valence-corrected chi connectivity index (χ1v) is 11.4. The first-order valence-electron chi connectivity index (χ1n) is 8.28. The van der Waals surface area contributed by atoms with Gasteiger partial charge in [-0.05, 0) is 31.0 Å². The van der Waals surface area contributed by atoms with Crippen molar-refractivity contribution in [3.8, 4) is 9.75 Å². The van der Waals surface area contributed by atoms with Crippen molar-refractivity contribution in [1.82, 2.24) is 9.71 Å². The standard InChI is InChI=1S/C17H16N2O2S3.CH2O3/c1-11-18-10-16(22-11)15-7-8-17(23-15)24(20,21)19-14-9-13(14)12-5-3-2-4-6-12;2-1(3)4/h2-8,10,13-14,19H,9H2,1H3;(H2,2,3,4)/t13-,14+;/m1./s1. The highest BCUT2D eigenvalue weighted by molar-refractivity contribution is 7.91. The molecule has 0 saturated heterocycles. The highest BCUT2D eigenvalue weighted by Gasteiger charge is 2.41. The maximum Gasteiger partial charge on any atom is 0.503 e. The van der Waals surface area contributed by atoms with E-state index in [4.69, 9.17) is 15.0 Å². The lowest BCUT2D eigenvalue weighted by Gasteiger charge is -2.04. The Morgan fingerprint density at radius 3 is 2.39 bits per heavy atom. The van der Waals surface area contributed by atoms with Crippen LogP contribution in [0, 0.1) is 6.92 Å². The van der Waals surface area contributed by atoms with Gasteiger partial charge in [0.25, 0.3) is 0 Å². The van der Waals surface area contributed by atoms with Crippen molar-refractivity contribution in [3.63, 3.8) is 0 Å². The Labute approximate surface area is 170 Å². The number of sulfonamides is 1. The number of nitrogens with one attached hydrogen (secondary N) is 1. The average Bonchev–Trinajstić information content (AvgIpc) is 3.03. The van der Waals surface area contributed by atoms with Gasteiger partial charge in [0.1, 0.15) is 4.21 Å². The lowest BCUT2D eigenvalue weighted by atomic mass is 10.1. The number of carbonyl (C=O) groups is 1. The molecule has 0 unspecified atom stereocenters. The van der Waals surface area contributed by atoms with E-state index in [1.54, 1.807) is 23.6 Å². The minimum atomic E-state index is -3.47. The maximum atomic E-state index is 12.6. The third-order valence-electron chi connectivity index (χ3n) is 4.04. The SMILES string of the molecule is Cc1ncc(-c2ccc(S(=O)(=O)N[C@H]3C[C@@H]3c3ccccc3)s2)s1.O=C(O)O. The van der Waals surface area contributed by atoms with Crippen LogP contribution >= 0.6 is 22.7 Å². The number of rotatable bonds is 5. The quantitative estimate of drug-likeness (QED) is 0.549. The van der Waals surface area contributed by atoms with Gasteiger partial charge in [-0.15, -0.1) is 22.7 Å². The average molecular weight is 439 g/mol. The van der Waals surface area contributed by atoms with E-state index >= 15 is 0 Å². The van der Waals surface area contributed by atoms with E-state index in [1.165, 1.54) is 16.9 Å². The van der Waals surface area contributed by atoms with E-state index in [2.05, 4.69) is 9.71 Å². The smallest absolute Gasteiger partial charge is 0.450 e. The van der Waals surface area contributed by atoms with E-state index in [0.717, 1.165) is 21.2 Å². The monoisotopic (exact) mass is 438 g/mol. The molecule has 4 rings (SSSR count). The van der Waals surface area contributed by atoms with Crippen molar-refractivity contribution in [1.29, 1.82) is 0 Å². The molecule has 0 spiro atoms. The number of aryl methyl sites for hydroxylation is 1. The Morgan fingerprint density at radius 1 is 1.11 bits per heavy atom. The molecule has 2 heterocycles. The van der Waals surface area contributed by atoms with Gasteiger partial charge in [0.05, 0.1) is 9.88 Å². The van der Waals surface area contributed by atoms with E-state index in [1.807, 2.05) is 43.3 Å². The summed E-state index contributed by atoms with van der Waals surface area (Å²) < 4.78 is 28.4. The summed E-state index contributed by atoms with van der Waals surface area (Å²) in [6.07, 6.45) is 0.817. The van der Waals surface area contributed by atoms with Crippen molar-refractivity contribution in [2.75, 3.05) is 0 Å². The van der Waals surface area contributed by atoms with Gasteiger partial charge in [0.15, 0.2) is 0 Å². The number of benzene rings is 1. The molecule has 1 aliphatic carbocycles. The lowest BCUT2D eigenvalue weighted by molar-refractivity contribution is 0.137. The zero-order valence-electron chi connectivity index (χ0n) is 14.8. The molecule has 0 bridgehead atoms. The Kier molecular flexibility index (Phi) is 6.14. The Balaban J connectivity index is 0.000000516. The van der Waals surface area contributed by atoms with Gasteiger partial charge >= 0.3 is 6.16 Å². The summed E-state index contributed by atoms with van der Waals surface area (Å²) in [6.45, 7) is 1.94. The first kappa shape index (κ1) is 20.5. The van der Waals surface area contributed by atoms with E-state index in [0.29, 0.717) is 4.21 Å². The summed E-state index contributed by atoms with van der Waals surface area (Å²) in [7, 11) is -3.47. The van der Waals surface area contributed by atoms with Gasteiger partial charge in [0, 0.05) is 23.0 Å². The lowest BCUT2D eigenvalue weighted by Crippen LogP contribution is -2.26. The van der Waals surface area contributed by atoms with Crippen LogP contribution in [0.3, 0.4) is 0 Å². The summed E-state index contributed by atoms with van der Waals surface area (Å²) in [5, 5.41) is 14.9. The number of carboxylic acid groups (broad SMARTS) is 2. The van der Waals surface area contributed by atoms with Crippen LogP contribution in [0.4, 0.5) is 4.79 Å². The van der Waals surface area contributed by atoms with Crippen LogP contribution in [0.15, 0.2) is 52.9 Å². The summed E-state index contributed by atoms with van der Waals surface area (Å²) in [6, 6.07) is 13.6. The van der Waals surface area contributed by atoms with Crippen molar-refractivity contribution in [2.24, 2.45) is 0 Å². The van der Waals surface area contributed by atoms with E-state index < -0.39 is 16.2 Å². The van der Waals surface area contributed by atoms with Gasteiger partial charge in [-0.1, -0.05) is 30.3 Å². The Morgan fingerprint density at radius 2 is 1.79 bits per heavy atom. The molecule has 1 aromatic carbocycles. The normalized spacial score (nSPS) is 18.2. The summed E-state index contributed by atoms with van der Waals surface area (Å²) in [5.74, 6) is 0.282. The molecule has 1 saturated carbocycles. The van der Waals surface area contributed by atoms with Crippen LogP contribution in [-0.2, 0) is 10.0 Å². The zero-order valence-corrected chi connectivity index (χ0v) is 17.2. The topological polar surface area (TPSA) is 117 Å². The summed E-state index contributed by atoms with van der Waals surface area (Å²) in [4.78, 5) is 14.7. The molecule has 2 aromatic heterocycles. The van der Waals surface area contributed by atoms with Gasteiger partial charge < -0.3 is 10.2 Å². The van der Waals surface area contributed by atoms with Gasteiger partial charge in [-0.3, -0.25) is 0 Å². The predicted molar refractivity (Wildman–Crippen MR) is 109 cm³/mol. The molecule has 3 aromatic rings. The van der Waals surface area contributed by atoms with Crippen LogP contribution in [0.5, 0.6) is 0 Å². The molecule has 1 aliphatic rings. The third kappa shape index (κ3) is 5.16.